The molecule has 0 aromatic carbocycles. The highest BCUT2D eigenvalue weighted by Crippen LogP contribution is 2.14. The van der Waals surface area contributed by atoms with Crippen molar-refractivity contribution in [1.82, 2.24) is 20.0 Å². The van der Waals surface area contributed by atoms with Gasteiger partial charge < -0.3 is 10.2 Å². The zero-order chi connectivity index (χ0) is 15.2. The predicted octanol–water partition coefficient (Wildman–Crippen LogP) is 2.34. The molecule has 1 saturated heterocycles. The van der Waals surface area contributed by atoms with Crippen LogP contribution in [0.5, 0.6) is 0 Å². The molecule has 0 aliphatic carbocycles. The quantitative estimate of drug-likeness (QED) is 0.839. The van der Waals surface area contributed by atoms with Crippen LogP contribution in [0.2, 0.25) is 0 Å². The van der Waals surface area contributed by atoms with Crippen LogP contribution in [-0.2, 0) is 11.3 Å². The minimum atomic E-state index is 0.137. The monoisotopic (exact) mass is 292 g/mol. The van der Waals surface area contributed by atoms with Gasteiger partial charge in [0.15, 0.2) is 0 Å². The van der Waals surface area contributed by atoms with Crippen LogP contribution >= 0.6 is 0 Å². The van der Waals surface area contributed by atoms with Crippen LogP contribution in [0, 0.1) is 0 Å². The number of hydrogen-bond acceptors (Lipinski definition) is 3. The van der Waals surface area contributed by atoms with Gasteiger partial charge in [-0.15, -0.1) is 0 Å². The Morgan fingerprint density at radius 3 is 2.67 bits per heavy atom. The molecule has 1 amide bonds. The lowest BCUT2D eigenvalue weighted by molar-refractivity contribution is -0.121. The van der Waals surface area contributed by atoms with Crippen molar-refractivity contribution in [2.24, 2.45) is 0 Å². The first-order valence-corrected chi connectivity index (χ1v) is 8.10. The molecule has 0 bridgehead atoms. The highest BCUT2D eigenvalue weighted by Gasteiger charge is 2.18. The molecule has 118 valence electrons. The number of amides is 1. The van der Waals surface area contributed by atoms with Gasteiger partial charge in [-0.05, 0) is 53.1 Å². The summed E-state index contributed by atoms with van der Waals surface area (Å²) in [4.78, 5) is 14.4. The number of nitrogens with one attached hydrogen (secondary N) is 1. The first-order chi connectivity index (χ1) is 10.1. The number of carbonyl (C=O) groups is 1. The van der Waals surface area contributed by atoms with Crippen LogP contribution in [0.25, 0.3) is 0 Å². The van der Waals surface area contributed by atoms with E-state index < -0.39 is 0 Å². The fraction of sp³-hybridized carbons (Fsp3) is 0.750. The van der Waals surface area contributed by atoms with Crippen molar-refractivity contribution >= 4 is 5.91 Å². The number of hydrogen-bond donors (Lipinski definition) is 1. The first kappa shape index (κ1) is 16.0. The molecule has 1 N–H and O–H groups in total. The summed E-state index contributed by atoms with van der Waals surface area (Å²) in [5, 5.41) is 7.27. The van der Waals surface area contributed by atoms with Gasteiger partial charge in [0, 0.05) is 36.8 Å². The molecule has 21 heavy (non-hydrogen) atoms. The van der Waals surface area contributed by atoms with Gasteiger partial charge in [0.05, 0.1) is 6.20 Å². The van der Waals surface area contributed by atoms with Gasteiger partial charge in [0.2, 0.25) is 5.91 Å². The molecule has 2 rings (SSSR count). The highest BCUT2D eigenvalue weighted by atomic mass is 16.1. The van der Waals surface area contributed by atoms with Crippen molar-refractivity contribution < 1.29 is 4.79 Å². The van der Waals surface area contributed by atoms with Crippen LogP contribution in [0.15, 0.2) is 12.4 Å². The summed E-state index contributed by atoms with van der Waals surface area (Å²) < 4.78 is 1.91. The van der Waals surface area contributed by atoms with Gasteiger partial charge in [0.25, 0.3) is 0 Å². The standard InChI is InChI=1S/C16H28N4O/c1-13(2)20-12-15(11-18-20)10-17-16(21)7-6-14(3)19-8-4-5-9-19/h11-14H,4-10H2,1-3H3,(H,17,21)/t14-/m1/s1. The van der Waals surface area contributed by atoms with E-state index >= 15 is 0 Å². The highest BCUT2D eigenvalue weighted by molar-refractivity contribution is 5.75. The van der Waals surface area contributed by atoms with Gasteiger partial charge >= 0.3 is 0 Å². The van der Waals surface area contributed by atoms with E-state index in [-0.39, 0.29) is 5.91 Å². The number of aromatic nitrogens is 2. The van der Waals surface area contributed by atoms with E-state index in [0.29, 0.717) is 25.0 Å². The van der Waals surface area contributed by atoms with E-state index in [0.717, 1.165) is 12.0 Å². The maximum absolute atomic E-state index is 11.9. The normalized spacial score (nSPS) is 17.3. The van der Waals surface area contributed by atoms with Gasteiger partial charge in [-0.25, -0.2) is 0 Å². The fourth-order valence-corrected chi connectivity index (χ4v) is 2.75. The minimum absolute atomic E-state index is 0.137. The Kier molecular flexibility index (Phi) is 5.79. The summed E-state index contributed by atoms with van der Waals surface area (Å²) >= 11 is 0. The Morgan fingerprint density at radius 2 is 2.05 bits per heavy atom. The van der Waals surface area contributed by atoms with E-state index in [1.807, 2.05) is 17.1 Å². The van der Waals surface area contributed by atoms with Gasteiger partial charge in [-0.3, -0.25) is 9.48 Å². The number of rotatable bonds is 7. The molecule has 0 radical (unpaired) electrons. The van der Waals surface area contributed by atoms with Crippen LogP contribution in [0.1, 0.15) is 58.1 Å². The van der Waals surface area contributed by atoms with Crippen LogP contribution < -0.4 is 5.32 Å². The summed E-state index contributed by atoms with van der Waals surface area (Å²) in [5.41, 5.74) is 1.06. The Balaban J connectivity index is 1.66. The SMILES string of the molecule is CC(C)n1cc(CNC(=O)CC[C@@H](C)N2CCCC2)cn1. The lowest BCUT2D eigenvalue weighted by Crippen LogP contribution is -2.32. The summed E-state index contributed by atoms with van der Waals surface area (Å²) in [6, 6.07) is 0.873. The maximum atomic E-state index is 11.9. The number of nitrogens with zero attached hydrogens (tertiary/aromatic N) is 3. The maximum Gasteiger partial charge on any atom is 0.220 e. The molecule has 5 nitrogen and oxygen atoms in total. The molecule has 0 saturated carbocycles. The van der Waals surface area contributed by atoms with Gasteiger partial charge in [-0.1, -0.05) is 0 Å². The van der Waals surface area contributed by atoms with E-state index in [1.165, 1.54) is 25.9 Å². The molecule has 1 atom stereocenters. The van der Waals surface area contributed by atoms with Gasteiger partial charge in [-0.2, -0.15) is 5.10 Å². The predicted molar refractivity (Wildman–Crippen MR) is 84.0 cm³/mol. The lowest BCUT2D eigenvalue weighted by atomic mass is 10.1. The minimum Gasteiger partial charge on any atom is -0.352 e. The summed E-state index contributed by atoms with van der Waals surface area (Å²) in [5.74, 6) is 0.137. The molecule has 0 unspecified atom stereocenters. The second kappa shape index (κ2) is 7.59. The molecule has 1 aromatic heterocycles. The Hall–Kier alpha value is -1.36. The molecule has 1 fully saturated rings. The molecule has 1 aliphatic rings. The lowest BCUT2D eigenvalue weighted by Gasteiger charge is -2.23. The van der Waals surface area contributed by atoms with E-state index in [2.05, 4.69) is 36.1 Å². The molecule has 5 heteroatoms. The number of carbonyl (C=O) groups excluding carboxylic acids is 1. The second-order valence-corrected chi connectivity index (χ2v) is 6.33. The van der Waals surface area contributed by atoms with Crippen molar-refractivity contribution in [2.45, 2.75) is 65.1 Å². The molecule has 0 spiro atoms. The van der Waals surface area contributed by atoms with Crippen molar-refractivity contribution in [2.75, 3.05) is 13.1 Å². The average Bonchev–Trinajstić information content (AvgIpc) is 3.13. The van der Waals surface area contributed by atoms with Crippen LogP contribution in [-0.4, -0.2) is 39.7 Å². The van der Waals surface area contributed by atoms with Crippen molar-refractivity contribution in [3.05, 3.63) is 18.0 Å². The third-order valence-electron chi connectivity index (χ3n) is 4.23. The molecular formula is C16H28N4O. The average molecular weight is 292 g/mol. The van der Waals surface area contributed by atoms with Crippen molar-refractivity contribution in [3.63, 3.8) is 0 Å². The van der Waals surface area contributed by atoms with Crippen LogP contribution in [0.3, 0.4) is 0 Å². The van der Waals surface area contributed by atoms with E-state index in [4.69, 9.17) is 0 Å². The molecule has 1 aliphatic heterocycles. The molecule has 2 heterocycles. The number of likely N-dealkylation sites (tertiary alicyclic amines) is 1. The van der Waals surface area contributed by atoms with Crippen molar-refractivity contribution in [3.8, 4) is 0 Å². The summed E-state index contributed by atoms with van der Waals surface area (Å²) in [6.07, 6.45) is 7.98. The fourth-order valence-electron chi connectivity index (χ4n) is 2.75. The summed E-state index contributed by atoms with van der Waals surface area (Å²) in [7, 11) is 0. The third-order valence-corrected chi connectivity index (χ3v) is 4.23. The topological polar surface area (TPSA) is 50.2 Å². The Morgan fingerprint density at radius 1 is 1.33 bits per heavy atom. The summed E-state index contributed by atoms with van der Waals surface area (Å²) in [6.45, 7) is 9.37. The second-order valence-electron chi connectivity index (χ2n) is 6.33. The van der Waals surface area contributed by atoms with E-state index in [9.17, 15) is 4.79 Å². The van der Waals surface area contributed by atoms with Gasteiger partial charge in [0.1, 0.15) is 0 Å². The first-order valence-electron chi connectivity index (χ1n) is 8.10. The van der Waals surface area contributed by atoms with Crippen molar-refractivity contribution in [1.29, 1.82) is 0 Å². The Labute approximate surface area is 127 Å². The van der Waals surface area contributed by atoms with Crippen LogP contribution in [0.4, 0.5) is 0 Å². The zero-order valence-electron chi connectivity index (χ0n) is 13.5. The molecular weight excluding hydrogens is 264 g/mol. The Bertz CT molecular complexity index is 449. The third kappa shape index (κ3) is 4.84. The molecule has 1 aromatic rings. The largest absolute Gasteiger partial charge is 0.352 e. The zero-order valence-corrected chi connectivity index (χ0v) is 13.5. The smallest absolute Gasteiger partial charge is 0.220 e. The van der Waals surface area contributed by atoms with E-state index in [1.54, 1.807) is 0 Å².